The summed E-state index contributed by atoms with van der Waals surface area (Å²) < 4.78 is 39.4. The summed E-state index contributed by atoms with van der Waals surface area (Å²) in [4.78, 5) is 5.71. The van der Waals surface area contributed by atoms with Gasteiger partial charge in [-0.25, -0.2) is 4.98 Å². The fraction of sp³-hybridized carbons (Fsp3) is 0.389. The average Bonchev–Trinajstić information content (AvgIpc) is 2.55. The average molecular weight is 335 g/mol. The normalized spacial score (nSPS) is 16.2. The van der Waals surface area contributed by atoms with Gasteiger partial charge < -0.3 is 10.2 Å². The van der Waals surface area contributed by atoms with Crippen LogP contribution in [0.3, 0.4) is 0 Å². The number of nitrogens with one attached hydrogen (secondary N) is 1. The Morgan fingerprint density at radius 2 is 1.88 bits per heavy atom. The van der Waals surface area contributed by atoms with E-state index in [-0.39, 0.29) is 11.9 Å². The molecule has 0 amide bonds. The quantitative estimate of drug-likeness (QED) is 0.896. The first-order chi connectivity index (χ1) is 11.4. The van der Waals surface area contributed by atoms with Crippen molar-refractivity contribution in [2.75, 3.05) is 23.3 Å². The fourth-order valence-corrected chi connectivity index (χ4v) is 3.08. The van der Waals surface area contributed by atoms with Crippen LogP contribution in [0.1, 0.15) is 24.0 Å². The van der Waals surface area contributed by atoms with Crippen LogP contribution in [0.2, 0.25) is 0 Å². The Balaban J connectivity index is 1.66. The van der Waals surface area contributed by atoms with Crippen LogP contribution in [0, 0.1) is 6.92 Å². The number of piperidine rings is 1. The Labute approximate surface area is 139 Å². The number of rotatable bonds is 3. The first kappa shape index (κ1) is 16.6. The summed E-state index contributed by atoms with van der Waals surface area (Å²) in [6.45, 7) is 3.15. The molecule has 6 heteroatoms. The van der Waals surface area contributed by atoms with E-state index in [0.29, 0.717) is 13.1 Å². The highest BCUT2D eigenvalue weighted by Gasteiger charge is 2.36. The molecule has 1 N–H and O–H groups in total. The third-order valence-corrected chi connectivity index (χ3v) is 4.28. The summed E-state index contributed by atoms with van der Waals surface area (Å²) in [6, 6.07) is 10.8. The molecule has 1 aromatic heterocycles. The lowest BCUT2D eigenvalue weighted by molar-refractivity contribution is -0.137. The lowest BCUT2D eigenvalue weighted by Crippen LogP contribution is -2.40. The Hall–Kier alpha value is -2.24. The van der Waals surface area contributed by atoms with Gasteiger partial charge >= 0.3 is 6.18 Å². The van der Waals surface area contributed by atoms with Crippen LogP contribution in [0.15, 0.2) is 42.6 Å². The van der Waals surface area contributed by atoms with E-state index >= 15 is 0 Å². The van der Waals surface area contributed by atoms with Crippen molar-refractivity contribution in [2.45, 2.75) is 32.0 Å². The molecule has 0 saturated carbocycles. The van der Waals surface area contributed by atoms with Gasteiger partial charge in [0.1, 0.15) is 5.82 Å². The van der Waals surface area contributed by atoms with Crippen molar-refractivity contribution in [2.24, 2.45) is 0 Å². The molecule has 0 radical (unpaired) electrons. The zero-order chi connectivity index (χ0) is 17.2. The van der Waals surface area contributed by atoms with E-state index in [1.165, 1.54) is 17.8 Å². The Morgan fingerprint density at radius 1 is 1.12 bits per heavy atom. The van der Waals surface area contributed by atoms with Crippen molar-refractivity contribution in [3.05, 3.63) is 53.7 Å². The Morgan fingerprint density at radius 3 is 2.54 bits per heavy atom. The van der Waals surface area contributed by atoms with E-state index in [4.69, 9.17) is 0 Å². The molecule has 0 bridgehead atoms. The largest absolute Gasteiger partial charge is 0.419 e. The summed E-state index contributed by atoms with van der Waals surface area (Å²) in [6.07, 6.45) is -1.40. The predicted octanol–water partition coefficient (Wildman–Crippen LogP) is 4.49. The minimum absolute atomic E-state index is 0.0407. The van der Waals surface area contributed by atoms with Gasteiger partial charge in [0.2, 0.25) is 0 Å². The second-order valence-electron chi connectivity index (χ2n) is 6.15. The number of pyridine rings is 1. The van der Waals surface area contributed by atoms with Crippen LogP contribution >= 0.6 is 0 Å². The lowest BCUT2D eigenvalue weighted by atomic mass is 10.0. The van der Waals surface area contributed by atoms with Crippen LogP contribution in [-0.2, 0) is 6.18 Å². The van der Waals surface area contributed by atoms with Crippen molar-refractivity contribution in [3.63, 3.8) is 0 Å². The van der Waals surface area contributed by atoms with Gasteiger partial charge in [0.05, 0.1) is 5.56 Å². The van der Waals surface area contributed by atoms with Gasteiger partial charge in [-0.1, -0.05) is 12.1 Å². The van der Waals surface area contributed by atoms with Gasteiger partial charge in [0, 0.05) is 31.0 Å². The minimum atomic E-state index is -4.37. The van der Waals surface area contributed by atoms with Crippen molar-refractivity contribution in [1.82, 2.24) is 4.98 Å². The summed E-state index contributed by atoms with van der Waals surface area (Å²) in [5.74, 6) is 0.0407. The fourth-order valence-electron chi connectivity index (χ4n) is 3.08. The highest BCUT2D eigenvalue weighted by molar-refractivity contribution is 5.50. The van der Waals surface area contributed by atoms with Gasteiger partial charge in [0.15, 0.2) is 0 Å². The number of hydrogen-bond donors (Lipinski definition) is 1. The standard InChI is InChI=1S/C18H20F3N3/c1-13-4-2-5-15(12-13)23-14-7-10-24(11-8-14)17-16(18(19,20)21)6-3-9-22-17/h2-6,9,12,14,23H,7-8,10-11H2,1H3. The molecule has 0 atom stereocenters. The third-order valence-electron chi connectivity index (χ3n) is 4.28. The number of benzene rings is 1. The molecule has 1 saturated heterocycles. The number of alkyl halides is 3. The third kappa shape index (κ3) is 3.80. The zero-order valence-electron chi connectivity index (χ0n) is 13.5. The zero-order valence-corrected chi connectivity index (χ0v) is 13.5. The molecule has 2 heterocycles. The number of nitrogens with zero attached hydrogens (tertiary/aromatic N) is 2. The summed E-state index contributed by atoms with van der Waals surface area (Å²) >= 11 is 0. The smallest absolute Gasteiger partial charge is 0.382 e. The Kier molecular flexibility index (Phi) is 4.64. The van der Waals surface area contributed by atoms with Crippen LogP contribution < -0.4 is 10.2 Å². The number of hydrogen-bond acceptors (Lipinski definition) is 3. The first-order valence-corrected chi connectivity index (χ1v) is 8.04. The molecule has 24 heavy (non-hydrogen) atoms. The van der Waals surface area contributed by atoms with Crippen LogP contribution in [0.25, 0.3) is 0 Å². The molecule has 3 rings (SSSR count). The molecule has 2 aromatic rings. The van der Waals surface area contributed by atoms with Crippen LogP contribution in [0.5, 0.6) is 0 Å². The molecule has 1 aliphatic rings. The van der Waals surface area contributed by atoms with Gasteiger partial charge in [-0.15, -0.1) is 0 Å². The first-order valence-electron chi connectivity index (χ1n) is 8.04. The maximum atomic E-state index is 13.1. The van der Waals surface area contributed by atoms with E-state index in [1.54, 1.807) is 4.90 Å². The lowest BCUT2D eigenvalue weighted by Gasteiger charge is -2.34. The highest BCUT2D eigenvalue weighted by Crippen LogP contribution is 2.36. The van der Waals surface area contributed by atoms with E-state index in [2.05, 4.69) is 16.4 Å². The molecular weight excluding hydrogens is 315 g/mol. The maximum absolute atomic E-state index is 13.1. The Bertz CT molecular complexity index is 692. The van der Waals surface area contributed by atoms with Gasteiger partial charge in [0.25, 0.3) is 0 Å². The molecule has 128 valence electrons. The van der Waals surface area contributed by atoms with Crippen molar-refractivity contribution in [1.29, 1.82) is 0 Å². The summed E-state index contributed by atoms with van der Waals surface area (Å²) in [5, 5.41) is 3.47. The van der Waals surface area contributed by atoms with Crippen molar-refractivity contribution >= 4 is 11.5 Å². The van der Waals surface area contributed by atoms with Crippen LogP contribution in [0.4, 0.5) is 24.7 Å². The molecule has 0 unspecified atom stereocenters. The predicted molar refractivity (Wildman–Crippen MR) is 89.3 cm³/mol. The van der Waals surface area contributed by atoms with E-state index in [9.17, 15) is 13.2 Å². The van der Waals surface area contributed by atoms with Crippen LogP contribution in [-0.4, -0.2) is 24.1 Å². The van der Waals surface area contributed by atoms with E-state index < -0.39 is 11.7 Å². The molecule has 0 spiro atoms. The topological polar surface area (TPSA) is 28.2 Å². The number of aryl methyl sites for hydroxylation is 1. The SMILES string of the molecule is Cc1cccc(NC2CCN(c3ncccc3C(F)(F)F)CC2)c1. The molecule has 1 aliphatic heterocycles. The summed E-state index contributed by atoms with van der Waals surface area (Å²) in [5.41, 5.74) is 1.58. The molecule has 1 fully saturated rings. The second-order valence-corrected chi connectivity index (χ2v) is 6.15. The van der Waals surface area contributed by atoms with Gasteiger partial charge in [-0.05, 0) is 49.6 Å². The van der Waals surface area contributed by atoms with E-state index in [0.717, 1.165) is 24.6 Å². The summed E-state index contributed by atoms with van der Waals surface area (Å²) in [7, 11) is 0. The minimum Gasteiger partial charge on any atom is -0.382 e. The van der Waals surface area contributed by atoms with Crippen molar-refractivity contribution < 1.29 is 13.2 Å². The number of halogens is 3. The van der Waals surface area contributed by atoms with E-state index in [1.807, 2.05) is 25.1 Å². The molecule has 1 aromatic carbocycles. The highest BCUT2D eigenvalue weighted by atomic mass is 19.4. The van der Waals surface area contributed by atoms with Gasteiger partial charge in [-0.3, -0.25) is 0 Å². The molecular formula is C18H20F3N3. The molecule has 3 nitrogen and oxygen atoms in total. The molecule has 0 aliphatic carbocycles. The maximum Gasteiger partial charge on any atom is 0.419 e. The number of aromatic nitrogens is 1. The van der Waals surface area contributed by atoms with Crippen molar-refractivity contribution in [3.8, 4) is 0 Å². The second kappa shape index (κ2) is 6.71. The monoisotopic (exact) mass is 335 g/mol. The number of anilines is 2. The van der Waals surface area contributed by atoms with Gasteiger partial charge in [-0.2, -0.15) is 13.2 Å².